The molecule has 5 rings (SSSR count). The van der Waals surface area contributed by atoms with Crippen LogP contribution in [0.3, 0.4) is 0 Å². The van der Waals surface area contributed by atoms with Crippen molar-refractivity contribution in [2.24, 2.45) is 0 Å². The third-order valence-electron chi connectivity index (χ3n) is 5.62. The zero-order valence-corrected chi connectivity index (χ0v) is 16.5. The van der Waals surface area contributed by atoms with Crippen molar-refractivity contribution in [3.63, 3.8) is 0 Å². The molecule has 0 radical (unpaired) electrons. The molecule has 29 heavy (non-hydrogen) atoms. The van der Waals surface area contributed by atoms with Crippen molar-refractivity contribution in [3.8, 4) is 0 Å². The number of carbonyl (C=O) groups excluding carboxylic acids is 1. The Morgan fingerprint density at radius 2 is 2.24 bits per heavy atom. The molecule has 148 valence electrons. The van der Waals surface area contributed by atoms with Crippen molar-refractivity contribution in [2.75, 3.05) is 11.9 Å². The second-order valence-corrected chi connectivity index (χ2v) is 7.78. The van der Waals surface area contributed by atoms with Gasteiger partial charge in [-0.1, -0.05) is 0 Å². The van der Waals surface area contributed by atoms with Crippen molar-refractivity contribution in [1.29, 1.82) is 0 Å². The summed E-state index contributed by atoms with van der Waals surface area (Å²) in [6, 6.07) is 9.86. The first-order valence-electron chi connectivity index (χ1n) is 9.95. The highest BCUT2D eigenvalue weighted by molar-refractivity contribution is 6.05. The summed E-state index contributed by atoms with van der Waals surface area (Å²) in [5.41, 5.74) is 3.99. The number of hydrogen-bond donors (Lipinski definition) is 2. The quantitative estimate of drug-likeness (QED) is 0.545. The van der Waals surface area contributed by atoms with Crippen molar-refractivity contribution < 1.29 is 9.21 Å². The van der Waals surface area contributed by atoms with Crippen LogP contribution in [-0.2, 0) is 6.54 Å². The number of likely N-dealkylation sites (tertiary alicyclic amines) is 1. The van der Waals surface area contributed by atoms with Gasteiger partial charge in [0.05, 0.1) is 5.52 Å². The number of pyridine rings is 1. The van der Waals surface area contributed by atoms with E-state index in [-0.39, 0.29) is 5.91 Å². The number of aryl methyl sites for hydroxylation is 1. The van der Waals surface area contributed by atoms with Crippen LogP contribution in [0.4, 0.5) is 5.82 Å². The normalized spacial score (nSPS) is 17.4. The molecule has 1 aliphatic rings. The van der Waals surface area contributed by atoms with Gasteiger partial charge in [0.1, 0.15) is 11.3 Å². The van der Waals surface area contributed by atoms with E-state index in [9.17, 15) is 4.79 Å². The Balaban J connectivity index is 1.34. The number of nitrogens with one attached hydrogen (secondary N) is 2. The van der Waals surface area contributed by atoms with E-state index in [0.29, 0.717) is 28.9 Å². The molecule has 4 aromatic rings. The van der Waals surface area contributed by atoms with Crippen LogP contribution in [0.15, 0.2) is 40.9 Å². The predicted molar refractivity (Wildman–Crippen MR) is 112 cm³/mol. The van der Waals surface area contributed by atoms with Crippen LogP contribution in [0.2, 0.25) is 0 Å². The summed E-state index contributed by atoms with van der Waals surface area (Å²) in [6.45, 7) is 6.12. The number of oxazole rings is 1. The van der Waals surface area contributed by atoms with E-state index in [1.54, 1.807) is 31.3 Å². The van der Waals surface area contributed by atoms with E-state index in [0.717, 1.165) is 29.5 Å². The molecule has 0 spiro atoms. The second kappa shape index (κ2) is 7.00. The number of hydrogen-bond acceptors (Lipinski definition) is 5. The highest BCUT2D eigenvalue weighted by Gasteiger charge is 2.20. The minimum Gasteiger partial charge on any atom is -0.441 e. The molecular weight excluding hydrogens is 366 g/mol. The smallest absolute Gasteiger partial charge is 0.256 e. The van der Waals surface area contributed by atoms with Crippen molar-refractivity contribution in [1.82, 2.24) is 19.9 Å². The van der Waals surface area contributed by atoms with Gasteiger partial charge in [0.15, 0.2) is 11.5 Å². The fraction of sp³-hybridized carbons (Fsp3) is 0.318. The molecule has 7 heteroatoms. The van der Waals surface area contributed by atoms with E-state index in [2.05, 4.69) is 38.2 Å². The number of anilines is 1. The van der Waals surface area contributed by atoms with Gasteiger partial charge in [0, 0.05) is 48.4 Å². The van der Waals surface area contributed by atoms with Crippen molar-refractivity contribution in [3.05, 3.63) is 53.7 Å². The van der Waals surface area contributed by atoms with Gasteiger partial charge in [-0.25, -0.2) is 9.97 Å². The van der Waals surface area contributed by atoms with Crippen LogP contribution in [0.1, 0.15) is 41.7 Å². The molecule has 2 N–H and O–H groups in total. The molecule has 7 nitrogen and oxygen atoms in total. The van der Waals surface area contributed by atoms with Crippen molar-refractivity contribution in [2.45, 2.75) is 39.3 Å². The zero-order valence-electron chi connectivity index (χ0n) is 16.5. The van der Waals surface area contributed by atoms with Gasteiger partial charge in [-0.15, -0.1) is 0 Å². The standard InChI is InChI=1S/C22H23N5O2/c1-13-4-3-7-27(13)12-17-8-16-11-23-21(10-19(16)25-17)26-22(28)15-5-6-18-20(9-15)29-14(2)24-18/h5-6,8-11,13,25H,3-4,7,12H2,1-2H3,(H,23,26,28)/t13-/m0/s1. The van der Waals surface area contributed by atoms with Crippen LogP contribution in [-0.4, -0.2) is 38.3 Å². The number of benzene rings is 1. The molecule has 0 unspecified atom stereocenters. The van der Waals surface area contributed by atoms with Crippen LogP contribution in [0.25, 0.3) is 22.0 Å². The van der Waals surface area contributed by atoms with Crippen LogP contribution >= 0.6 is 0 Å². The average molecular weight is 389 g/mol. The molecule has 0 saturated carbocycles. The third-order valence-corrected chi connectivity index (χ3v) is 5.62. The maximum absolute atomic E-state index is 12.6. The first-order chi connectivity index (χ1) is 14.0. The van der Waals surface area contributed by atoms with Gasteiger partial charge in [-0.05, 0) is 50.6 Å². The highest BCUT2D eigenvalue weighted by Crippen LogP contribution is 2.23. The summed E-state index contributed by atoms with van der Waals surface area (Å²) in [5, 5.41) is 3.91. The van der Waals surface area contributed by atoms with E-state index in [1.807, 2.05) is 6.07 Å². The molecule has 0 bridgehead atoms. The predicted octanol–water partition coefficient (Wildman–Crippen LogP) is 4.25. The molecule has 1 saturated heterocycles. The van der Waals surface area contributed by atoms with Crippen molar-refractivity contribution >= 4 is 33.7 Å². The first kappa shape index (κ1) is 17.9. The summed E-state index contributed by atoms with van der Waals surface area (Å²) >= 11 is 0. The summed E-state index contributed by atoms with van der Waals surface area (Å²) in [7, 11) is 0. The van der Waals surface area contributed by atoms with Gasteiger partial charge in [-0.2, -0.15) is 0 Å². The first-order valence-corrected chi connectivity index (χ1v) is 9.95. The Morgan fingerprint density at radius 3 is 3.07 bits per heavy atom. The van der Waals surface area contributed by atoms with Gasteiger partial charge in [-0.3, -0.25) is 9.69 Å². The Morgan fingerprint density at radius 1 is 1.34 bits per heavy atom. The summed E-state index contributed by atoms with van der Waals surface area (Å²) < 4.78 is 5.52. The number of carbonyl (C=O) groups is 1. The Hall–Kier alpha value is -3.19. The van der Waals surface area contributed by atoms with Gasteiger partial charge >= 0.3 is 0 Å². The van der Waals surface area contributed by atoms with Gasteiger partial charge in [0.2, 0.25) is 0 Å². The summed E-state index contributed by atoms with van der Waals surface area (Å²) in [5.74, 6) is 0.861. The Bertz CT molecular complexity index is 1210. The fourth-order valence-corrected chi connectivity index (χ4v) is 4.06. The maximum atomic E-state index is 12.6. The monoisotopic (exact) mass is 389 g/mol. The molecule has 1 fully saturated rings. The maximum Gasteiger partial charge on any atom is 0.256 e. The average Bonchev–Trinajstić information content (AvgIpc) is 3.38. The third kappa shape index (κ3) is 3.49. The number of nitrogens with zero attached hydrogens (tertiary/aromatic N) is 3. The lowest BCUT2D eigenvalue weighted by Gasteiger charge is -2.19. The summed E-state index contributed by atoms with van der Waals surface area (Å²) in [6.07, 6.45) is 4.32. The molecule has 4 heterocycles. The van der Waals surface area contributed by atoms with Gasteiger partial charge in [0.25, 0.3) is 5.91 Å². The Kier molecular flexibility index (Phi) is 4.32. The molecular formula is C22H23N5O2. The number of fused-ring (bicyclic) bond motifs is 2. The van der Waals surface area contributed by atoms with Gasteiger partial charge < -0.3 is 14.7 Å². The zero-order chi connectivity index (χ0) is 20.0. The van der Waals surface area contributed by atoms with E-state index in [4.69, 9.17) is 4.42 Å². The molecule has 1 aromatic carbocycles. The van der Waals surface area contributed by atoms with E-state index in [1.165, 1.54) is 18.5 Å². The summed E-state index contributed by atoms with van der Waals surface area (Å²) in [4.78, 5) is 27.3. The second-order valence-electron chi connectivity index (χ2n) is 7.78. The van der Waals surface area contributed by atoms with Crippen LogP contribution < -0.4 is 5.32 Å². The largest absolute Gasteiger partial charge is 0.441 e. The number of aromatic nitrogens is 3. The lowest BCUT2D eigenvalue weighted by Crippen LogP contribution is -2.26. The number of H-pyrrole nitrogens is 1. The molecule has 0 aliphatic carbocycles. The number of amides is 1. The van der Waals surface area contributed by atoms with E-state index >= 15 is 0 Å². The SMILES string of the molecule is Cc1nc2ccc(C(=O)Nc3cc4[nH]c(CN5CCC[C@@H]5C)cc4cn3)cc2o1. The lowest BCUT2D eigenvalue weighted by atomic mass is 10.2. The fourth-order valence-electron chi connectivity index (χ4n) is 4.06. The topological polar surface area (TPSA) is 87.0 Å². The lowest BCUT2D eigenvalue weighted by molar-refractivity contribution is 0.102. The van der Waals surface area contributed by atoms with E-state index < -0.39 is 0 Å². The van der Waals surface area contributed by atoms with Crippen LogP contribution in [0, 0.1) is 6.92 Å². The highest BCUT2D eigenvalue weighted by atomic mass is 16.3. The number of rotatable bonds is 4. The number of aromatic amines is 1. The molecule has 1 amide bonds. The molecule has 3 aromatic heterocycles. The minimum absolute atomic E-state index is 0.231. The van der Waals surface area contributed by atoms with Crippen LogP contribution in [0.5, 0.6) is 0 Å². The molecule has 1 aliphatic heterocycles. The Labute approximate surface area is 168 Å². The molecule has 1 atom stereocenters. The minimum atomic E-state index is -0.231.